The van der Waals surface area contributed by atoms with Crippen LogP contribution < -0.4 is 4.74 Å². The summed E-state index contributed by atoms with van der Waals surface area (Å²) >= 11 is 6.79. The molecule has 82 valence electrons. The van der Waals surface area contributed by atoms with Crippen LogP contribution in [-0.2, 0) is 5.33 Å². The molecule has 0 aliphatic rings. The maximum atomic E-state index is 5.76. The zero-order chi connectivity index (χ0) is 11.4. The quantitative estimate of drug-likeness (QED) is 0.764. The van der Waals surface area contributed by atoms with Crippen molar-refractivity contribution in [2.45, 2.75) is 5.33 Å². The molecule has 0 saturated carbocycles. The summed E-state index contributed by atoms with van der Waals surface area (Å²) in [6.07, 6.45) is 3.42. The summed E-state index contributed by atoms with van der Waals surface area (Å²) in [5.41, 5.74) is 1.11. The Morgan fingerprint density at radius 3 is 2.75 bits per heavy atom. The minimum atomic E-state index is 0.725. The Kier molecular flexibility index (Phi) is 3.96. The third-order valence-corrected chi connectivity index (χ3v) is 3.06. The largest absolute Gasteiger partial charge is 0.455 e. The van der Waals surface area contributed by atoms with E-state index in [-0.39, 0.29) is 0 Å². The lowest BCUT2D eigenvalue weighted by molar-refractivity contribution is 0.476. The van der Waals surface area contributed by atoms with Crippen molar-refractivity contribution in [3.63, 3.8) is 0 Å². The van der Waals surface area contributed by atoms with Crippen LogP contribution in [0.15, 0.2) is 47.2 Å². The van der Waals surface area contributed by atoms with E-state index in [1.807, 2.05) is 30.3 Å². The van der Waals surface area contributed by atoms with Gasteiger partial charge in [-0.05, 0) is 28.1 Å². The van der Waals surface area contributed by atoms with E-state index in [0.29, 0.717) is 0 Å². The first-order valence-electron chi connectivity index (χ1n) is 4.72. The van der Waals surface area contributed by atoms with Gasteiger partial charge < -0.3 is 4.74 Å². The van der Waals surface area contributed by atoms with Gasteiger partial charge in [0.2, 0.25) is 0 Å². The van der Waals surface area contributed by atoms with Crippen LogP contribution in [-0.4, -0.2) is 4.98 Å². The molecular formula is C12H9Br2NO. The molecule has 16 heavy (non-hydrogen) atoms. The van der Waals surface area contributed by atoms with Crippen LogP contribution >= 0.6 is 31.9 Å². The summed E-state index contributed by atoms with van der Waals surface area (Å²) < 4.78 is 6.66. The molecule has 0 atom stereocenters. The lowest BCUT2D eigenvalue weighted by Crippen LogP contribution is -1.89. The first kappa shape index (κ1) is 11.6. The van der Waals surface area contributed by atoms with Crippen LogP contribution in [0.25, 0.3) is 0 Å². The molecule has 1 aromatic carbocycles. The number of hydrogen-bond acceptors (Lipinski definition) is 2. The number of rotatable bonds is 3. The third-order valence-electron chi connectivity index (χ3n) is 2.02. The second kappa shape index (κ2) is 5.46. The first-order valence-corrected chi connectivity index (χ1v) is 6.63. The number of alkyl halides is 1. The first-order chi connectivity index (χ1) is 7.79. The Labute approximate surface area is 111 Å². The minimum absolute atomic E-state index is 0.725. The zero-order valence-corrected chi connectivity index (χ0v) is 11.5. The van der Waals surface area contributed by atoms with Gasteiger partial charge in [-0.25, -0.2) is 0 Å². The van der Waals surface area contributed by atoms with Crippen LogP contribution in [0.2, 0.25) is 0 Å². The van der Waals surface area contributed by atoms with Crippen molar-refractivity contribution >= 4 is 31.9 Å². The van der Waals surface area contributed by atoms with Crippen molar-refractivity contribution in [2.24, 2.45) is 0 Å². The molecule has 1 aromatic heterocycles. The van der Waals surface area contributed by atoms with Crippen LogP contribution in [0.1, 0.15) is 5.56 Å². The summed E-state index contributed by atoms with van der Waals surface area (Å²) in [4.78, 5) is 4.05. The molecule has 0 amide bonds. The van der Waals surface area contributed by atoms with Crippen molar-refractivity contribution in [3.05, 3.63) is 52.8 Å². The Balaban J connectivity index is 2.26. The van der Waals surface area contributed by atoms with Gasteiger partial charge in [0.1, 0.15) is 11.5 Å². The summed E-state index contributed by atoms with van der Waals surface area (Å²) in [7, 11) is 0. The van der Waals surface area contributed by atoms with Gasteiger partial charge in [-0.15, -0.1) is 0 Å². The monoisotopic (exact) mass is 341 g/mol. The number of pyridine rings is 1. The fraction of sp³-hybridized carbons (Fsp3) is 0.0833. The number of nitrogens with zero attached hydrogens (tertiary/aromatic N) is 1. The fourth-order valence-electron chi connectivity index (χ4n) is 1.29. The fourth-order valence-corrected chi connectivity index (χ4v) is 2.10. The van der Waals surface area contributed by atoms with Crippen molar-refractivity contribution in [3.8, 4) is 11.5 Å². The predicted molar refractivity (Wildman–Crippen MR) is 71.1 cm³/mol. The Hall–Kier alpha value is -0.870. The van der Waals surface area contributed by atoms with Gasteiger partial charge in [-0.1, -0.05) is 34.1 Å². The average Bonchev–Trinajstić information content (AvgIpc) is 2.30. The van der Waals surface area contributed by atoms with Crippen molar-refractivity contribution in [1.29, 1.82) is 0 Å². The van der Waals surface area contributed by atoms with Gasteiger partial charge in [0.25, 0.3) is 0 Å². The molecule has 0 bridgehead atoms. The highest BCUT2D eigenvalue weighted by molar-refractivity contribution is 9.10. The normalized spacial score (nSPS) is 10.1. The molecule has 0 radical (unpaired) electrons. The maximum Gasteiger partial charge on any atom is 0.146 e. The van der Waals surface area contributed by atoms with Gasteiger partial charge in [-0.2, -0.15) is 0 Å². The van der Waals surface area contributed by atoms with E-state index in [1.54, 1.807) is 12.4 Å². The molecule has 1 heterocycles. The van der Waals surface area contributed by atoms with E-state index in [2.05, 4.69) is 36.8 Å². The smallest absolute Gasteiger partial charge is 0.146 e. The summed E-state index contributed by atoms with van der Waals surface area (Å²) in [5.74, 6) is 1.57. The van der Waals surface area contributed by atoms with Gasteiger partial charge >= 0.3 is 0 Å². The second-order valence-corrected chi connectivity index (χ2v) is 4.66. The highest BCUT2D eigenvalue weighted by atomic mass is 79.9. The van der Waals surface area contributed by atoms with E-state index in [9.17, 15) is 0 Å². The van der Waals surface area contributed by atoms with Crippen LogP contribution in [0.4, 0.5) is 0 Å². The summed E-state index contributed by atoms with van der Waals surface area (Å²) in [5, 5.41) is 0.768. The summed E-state index contributed by atoms with van der Waals surface area (Å²) in [6, 6.07) is 9.79. The standard InChI is InChI=1S/C12H9Br2NO/c13-6-9-3-1-2-4-12(9)16-11-5-10(14)7-15-8-11/h1-5,7-8H,6H2. The van der Waals surface area contributed by atoms with Crippen molar-refractivity contribution in [2.75, 3.05) is 0 Å². The molecule has 0 aliphatic carbocycles. The van der Waals surface area contributed by atoms with E-state index < -0.39 is 0 Å². The van der Waals surface area contributed by atoms with Crippen LogP contribution in [0.3, 0.4) is 0 Å². The number of halogens is 2. The maximum absolute atomic E-state index is 5.76. The molecule has 2 rings (SSSR count). The highest BCUT2D eigenvalue weighted by Gasteiger charge is 2.03. The third kappa shape index (κ3) is 2.83. The lowest BCUT2D eigenvalue weighted by Gasteiger charge is -2.08. The van der Waals surface area contributed by atoms with E-state index in [0.717, 1.165) is 26.9 Å². The average molecular weight is 343 g/mol. The molecule has 2 aromatic rings. The van der Waals surface area contributed by atoms with Crippen LogP contribution in [0.5, 0.6) is 11.5 Å². The molecule has 0 N–H and O–H groups in total. The summed E-state index contributed by atoms with van der Waals surface area (Å²) in [6.45, 7) is 0. The van der Waals surface area contributed by atoms with Gasteiger partial charge in [0.05, 0.1) is 6.20 Å². The molecular weight excluding hydrogens is 334 g/mol. The van der Waals surface area contributed by atoms with Gasteiger partial charge in [-0.3, -0.25) is 4.98 Å². The SMILES string of the molecule is BrCc1ccccc1Oc1cncc(Br)c1. The number of hydrogen-bond donors (Lipinski definition) is 0. The van der Waals surface area contributed by atoms with Crippen LogP contribution in [0, 0.1) is 0 Å². The molecule has 2 nitrogen and oxygen atoms in total. The van der Waals surface area contributed by atoms with Gasteiger partial charge in [0.15, 0.2) is 0 Å². The van der Waals surface area contributed by atoms with Crippen molar-refractivity contribution in [1.82, 2.24) is 4.98 Å². The Morgan fingerprint density at radius 1 is 1.19 bits per heavy atom. The topological polar surface area (TPSA) is 22.1 Å². The van der Waals surface area contributed by atoms with Crippen molar-refractivity contribution < 1.29 is 4.74 Å². The molecule has 0 fully saturated rings. The molecule has 0 saturated heterocycles. The molecule has 0 spiro atoms. The predicted octanol–water partition coefficient (Wildman–Crippen LogP) is 4.53. The number of ether oxygens (including phenoxy) is 1. The Morgan fingerprint density at radius 2 is 2.00 bits per heavy atom. The lowest BCUT2D eigenvalue weighted by atomic mass is 10.2. The molecule has 0 unspecified atom stereocenters. The van der Waals surface area contributed by atoms with E-state index >= 15 is 0 Å². The van der Waals surface area contributed by atoms with E-state index in [1.165, 1.54) is 0 Å². The highest BCUT2D eigenvalue weighted by Crippen LogP contribution is 2.27. The number of aromatic nitrogens is 1. The number of benzene rings is 1. The number of para-hydroxylation sites is 1. The van der Waals surface area contributed by atoms with E-state index in [4.69, 9.17) is 4.74 Å². The minimum Gasteiger partial charge on any atom is -0.455 e. The van der Waals surface area contributed by atoms with Gasteiger partial charge in [0, 0.05) is 21.6 Å². The Bertz CT molecular complexity index is 488. The molecule has 4 heteroatoms. The zero-order valence-electron chi connectivity index (χ0n) is 8.36. The second-order valence-electron chi connectivity index (χ2n) is 3.18. The molecule has 0 aliphatic heterocycles.